The first-order valence-electron chi connectivity index (χ1n) is 8.47. The van der Waals surface area contributed by atoms with Crippen molar-refractivity contribution in [1.82, 2.24) is 10.2 Å². The van der Waals surface area contributed by atoms with Crippen LogP contribution in [0.25, 0.3) is 0 Å². The molecule has 0 radical (unpaired) electrons. The molecule has 0 unspecified atom stereocenters. The van der Waals surface area contributed by atoms with Crippen LogP contribution >= 0.6 is 11.8 Å². The van der Waals surface area contributed by atoms with Crippen molar-refractivity contribution in [3.63, 3.8) is 0 Å². The smallest absolute Gasteiger partial charge is 0.330 e. The van der Waals surface area contributed by atoms with Crippen molar-refractivity contribution < 1.29 is 28.3 Å². The quantitative estimate of drug-likeness (QED) is 0.760. The van der Waals surface area contributed by atoms with E-state index in [1.54, 1.807) is 42.5 Å². The van der Waals surface area contributed by atoms with E-state index in [0.717, 1.165) is 0 Å². The number of esters is 1. The fraction of sp³-hybridized carbons (Fsp3) is 0.263. The molecular weight excluding hydrogens is 384 g/mol. The van der Waals surface area contributed by atoms with Gasteiger partial charge in [-0.3, -0.25) is 19.7 Å². The Morgan fingerprint density at radius 1 is 1.18 bits per heavy atom. The predicted octanol–water partition coefficient (Wildman–Crippen LogP) is 1.74. The molecule has 28 heavy (non-hydrogen) atoms. The Kier molecular flexibility index (Phi) is 6.15. The van der Waals surface area contributed by atoms with Gasteiger partial charge in [-0.2, -0.15) is 0 Å². The van der Waals surface area contributed by atoms with Crippen LogP contribution in [0.4, 0.5) is 0 Å². The van der Waals surface area contributed by atoms with Crippen molar-refractivity contribution >= 4 is 35.5 Å². The average Bonchev–Trinajstić information content (AvgIpc) is 3.36. The van der Waals surface area contributed by atoms with Gasteiger partial charge in [0.2, 0.25) is 5.91 Å². The van der Waals surface area contributed by atoms with Crippen LogP contribution in [0.1, 0.15) is 28.4 Å². The topological polar surface area (TPSA) is 106 Å². The average molecular weight is 402 g/mol. The molecule has 1 fully saturated rings. The maximum Gasteiger partial charge on any atom is 0.330 e. The summed E-state index contributed by atoms with van der Waals surface area (Å²) in [6, 6.07) is 10.8. The summed E-state index contributed by atoms with van der Waals surface area (Å²) in [6.45, 7) is 0.739. The summed E-state index contributed by atoms with van der Waals surface area (Å²) in [6.07, 6.45) is 1.49. The number of furan rings is 1. The number of amides is 3. The van der Waals surface area contributed by atoms with Crippen LogP contribution in [0.3, 0.4) is 0 Å². The van der Waals surface area contributed by atoms with E-state index < -0.39 is 35.8 Å². The second-order valence-electron chi connectivity index (χ2n) is 5.99. The van der Waals surface area contributed by atoms with Gasteiger partial charge in [0.05, 0.1) is 6.26 Å². The Balaban J connectivity index is 1.56. The van der Waals surface area contributed by atoms with Crippen LogP contribution < -0.4 is 5.32 Å². The van der Waals surface area contributed by atoms with Crippen molar-refractivity contribution in [2.75, 3.05) is 12.4 Å². The molecule has 3 rings (SSSR count). The Labute approximate surface area is 165 Å². The Hall–Kier alpha value is -3.07. The number of thioether (sulfide) groups is 1. The number of nitrogens with zero attached hydrogens (tertiary/aromatic N) is 1. The molecule has 1 aromatic heterocycles. The van der Waals surface area contributed by atoms with Gasteiger partial charge in [0.1, 0.15) is 17.2 Å². The molecular formula is C19H18N2O6S. The minimum Gasteiger partial charge on any atom is -0.466 e. The third-order valence-corrected chi connectivity index (χ3v) is 5.34. The van der Waals surface area contributed by atoms with E-state index in [2.05, 4.69) is 5.32 Å². The van der Waals surface area contributed by atoms with Crippen LogP contribution in [0.5, 0.6) is 0 Å². The van der Waals surface area contributed by atoms with Gasteiger partial charge >= 0.3 is 5.97 Å². The van der Waals surface area contributed by atoms with Gasteiger partial charge in [0.25, 0.3) is 11.8 Å². The minimum atomic E-state index is -0.838. The fourth-order valence-electron chi connectivity index (χ4n) is 2.78. The van der Waals surface area contributed by atoms with Crippen molar-refractivity contribution in [1.29, 1.82) is 0 Å². The van der Waals surface area contributed by atoms with E-state index in [4.69, 9.17) is 9.15 Å². The Morgan fingerprint density at radius 2 is 1.93 bits per heavy atom. The van der Waals surface area contributed by atoms with Crippen molar-refractivity contribution in [3.8, 4) is 0 Å². The van der Waals surface area contributed by atoms with Gasteiger partial charge in [-0.15, -0.1) is 11.8 Å². The molecule has 146 valence electrons. The summed E-state index contributed by atoms with van der Waals surface area (Å²) in [5.74, 6) is -1.47. The minimum absolute atomic E-state index is 0.308. The zero-order valence-electron chi connectivity index (χ0n) is 15.0. The first-order valence-corrected chi connectivity index (χ1v) is 9.52. The number of carbonyl (C=O) groups is 4. The fourth-order valence-corrected chi connectivity index (χ4v) is 4.20. The summed E-state index contributed by atoms with van der Waals surface area (Å²) in [4.78, 5) is 49.7. The summed E-state index contributed by atoms with van der Waals surface area (Å²) >= 11 is 1.37. The lowest BCUT2D eigenvalue weighted by atomic mass is 10.2. The molecule has 1 saturated heterocycles. The summed E-state index contributed by atoms with van der Waals surface area (Å²) in [5.41, 5.74) is 0.318. The molecule has 1 N–H and O–H groups in total. The van der Waals surface area contributed by atoms with Gasteiger partial charge in [-0.05, 0) is 24.3 Å². The number of carbonyl (C=O) groups excluding carboxylic acids is 4. The monoisotopic (exact) mass is 402 g/mol. The largest absolute Gasteiger partial charge is 0.466 e. The number of hydrogen-bond acceptors (Lipinski definition) is 7. The van der Waals surface area contributed by atoms with Crippen molar-refractivity contribution in [3.05, 3.63) is 60.1 Å². The number of rotatable bonds is 5. The van der Waals surface area contributed by atoms with Crippen LogP contribution in [-0.4, -0.2) is 47.0 Å². The SMILES string of the molecule is CC(=O)N1[C@H](C(=O)OCC(=O)NC(=O)c2ccccc2)CS[C@H]1c1ccco1. The lowest BCUT2D eigenvalue weighted by molar-refractivity contribution is -0.156. The molecule has 9 heteroatoms. The van der Waals surface area contributed by atoms with Crippen LogP contribution in [0.15, 0.2) is 53.1 Å². The van der Waals surface area contributed by atoms with Crippen molar-refractivity contribution in [2.24, 2.45) is 0 Å². The van der Waals surface area contributed by atoms with Gasteiger partial charge in [0, 0.05) is 18.2 Å². The third-order valence-electron chi connectivity index (χ3n) is 4.06. The number of imide groups is 1. The van der Waals surface area contributed by atoms with Gasteiger partial charge in [-0.1, -0.05) is 18.2 Å². The van der Waals surface area contributed by atoms with Crippen LogP contribution in [0.2, 0.25) is 0 Å². The highest BCUT2D eigenvalue weighted by atomic mass is 32.2. The highest BCUT2D eigenvalue weighted by Crippen LogP contribution is 2.41. The maximum absolute atomic E-state index is 12.4. The standard InChI is InChI=1S/C19H18N2O6S/c1-12(22)21-14(11-28-18(21)15-8-5-9-26-15)19(25)27-10-16(23)20-17(24)13-6-3-2-4-7-13/h2-9,14,18H,10-11H2,1H3,(H,20,23,24)/t14-,18-/m0/s1. The molecule has 2 aromatic rings. The summed E-state index contributed by atoms with van der Waals surface area (Å²) in [7, 11) is 0. The lowest BCUT2D eigenvalue weighted by Crippen LogP contribution is -2.44. The molecule has 2 heterocycles. The zero-order chi connectivity index (χ0) is 20.1. The van der Waals surface area contributed by atoms with Gasteiger partial charge < -0.3 is 14.1 Å². The Bertz CT molecular complexity index is 868. The summed E-state index contributed by atoms with van der Waals surface area (Å²) < 4.78 is 10.4. The highest BCUT2D eigenvalue weighted by molar-refractivity contribution is 7.99. The molecule has 0 saturated carbocycles. The number of nitrogens with one attached hydrogen (secondary N) is 1. The summed E-state index contributed by atoms with van der Waals surface area (Å²) in [5, 5.41) is 1.72. The van der Waals surface area contributed by atoms with Crippen LogP contribution in [-0.2, 0) is 19.1 Å². The molecule has 1 aromatic carbocycles. The van der Waals surface area contributed by atoms with Crippen molar-refractivity contribution in [2.45, 2.75) is 18.3 Å². The van der Waals surface area contributed by atoms with Crippen LogP contribution in [0, 0.1) is 0 Å². The van der Waals surface area contributed by atoms with Gasteiger partial charge in [-0.25, -0.2) is 4.79 Å². The number of hydrogen-bond donors (Lipinski definition) is 1. The van der Waals surface area contributed by atoms with E-state index in [1.807, 2.05) is 0 Å². The lowest BCUT2D eigenvalue weighted by Gasteiger charge is -2.25. The normalized spacial score (nSPS) is 18.5. The van der Waals surface area contributed by atoms with E-state index >= 15 is 0 Å². The second kappa shape index (κ2) is 8.75. The predicted molar refractivity (Wildman–Crippen MR) is 100 cm³/mol. The number of ether oxygens (including phenoxy) is 1. The van der Waals surface area contributed by atoms with E-state index in [0.29, 0.717) is 17.1 Å². The third kappa shape index (κ3) is 4.42. The van der Waals surface area contributed by atoms with E-state index in [9.17, 15) is 19.2 Å². The maximum atomic E-state index is 12.4. The Morgan fingerprint density at radius 3 is 2.57 bits per heavy atom. The molecule has 0 spiro atoms. The zero-order valence-corrected chi connectivity index (χ0v) is 15.8. The first kappa shape index (κ1) is 19.7. The first-order chi connectivity index (χ1) is 13.5. The highest BCUT2D eigenvalue weighted by Gasteiger charge is 2.43. The van der Waals surface area contributed by atoms with Gasteiger partial charge in [0.15, 0.2) is 6.61 Å². The molecule has 0 bridgehead atoms. The van der Waals surface area contributed by atoms with E-state index in [1.165, 1.54) is 29.8 Å². The molecule has 1 aliphatic heterocycles. The molecule has 1 aliphatic rings. The molecule has 0 aliphatic carbocycles. The molecule has 3 amide bonds. The molecule has 8 nitrogen and oxygen atoms in total. The van der Waals surface area contributed by atoms with E-state index in [-0.39, 0.29) is 5.91 Å². The molecule has 2 atom stereocenters. The second-order valence-corrected chi connectivity index (χ2v) is 7.11. The number of benzene rings is 1.